The number of benzene rings is 2. The van der Waals surface area contributed by atoms with Crippen molar-refractivity contribution >= 4 is 22.7 Å². The van der Waals surface area contributed by atoms with Crippen LogP contribution in [0.1, 0.15) is 0 Å². The van der Waals surface area contributed by atoms with Gasteiger partial charge in [0.05, 0.1) is 11.1 Å². The molecule has 0 aliphatic carbocycles. The molecule has 0 aliphatic rings. The highest BCUT2D eigenvalue weighted by Crippen LogP contribution is 2.17. The molecule has 0 saturated heterocycles. The molecule has 78 valence electrons. The zero-order valence-corrected chi connectivity index (χ0v) is 9.79. The van der Waals surface area contributed by atoms with E-state index in [1.54, 1.807) is 0 Å². The zero-order chi connectivity index (χ0) is 10.9. The van der Waals surface area contributed by atoms with Crippen LogP contribution in [0, 0.1) is 0 Å². The van der Waals surface area contributed by atoms with Gasteiger partial charge in [0, 0.05) is 0 Å². The Balaban J connectivity index is 0.000000337. The van der Waals surface area contributed by atoms with E-state index in [9.17, 15) is 0 Å². The van der Waals surface area contributed by atoms with E-state index in [4.69, 9.17) is 4.55 Å². The van der Waals surface area contributed by atoms with E-state index in [0.29, 0.717) is 11.1 Å². The standard InChI is InChI=1S/C12H10.H2OS2/c1-3-7-11(8-4-1)12-9-5-2-6-10-12;1-3-2/h1-10H;1-2H. The molecular formula is C12H12OS2. The van der Waals surface area contributed by atoms with Gasteiger partial charge in [0.2, 0.25) is 0 Å². The Kier molecular flexibility index (Phi) is 6.00. The lowest BCUT2D eigenvalue weighted by atomic mass is 10.1. The minimum atomic E-state index is 0.444. The second-order valence-electron chi connectivity index (χ2n) is 2.81. The first-order chi connectivity index (χ1) is 7.38. The highest BCUT2D eigenvalue weighted by atomic mass is 33.1. The van der Waals surface area contributed by atoms with E-state index in [1.165, 1.54) is 11.1 Å². The summed E-state index contributed by atoms with van der Waals surface area (Å²) in [4.78, 5) is 0. The first-order valence-corrected chi connectivity index (χ1v) is 6.26. The van der Waals surface area contributed by atoms with Gasteiger partial charge in [-0.2, -0.15) is 0 Å². The van der Waals surface area contributed by atoms with Gasteiger partial charge in [0.15, 0.2) is 0 Å². The van der Waals surface area contributed by atoms with Crippen molar-refractivity contribution in [2.45, 2.75) is 0 Å². The first-order valence-electron chi connectivity index (χ1n) is 4.44. The molecule has 2 rings (SSSR count). The van der Waals surface area contributed by atoms with Crippen molar-refractivity contribution in [3.8, 4) is 11.1 Å². The molecule has 0 heterocycles. The lowest BCUT2D eigenvalue weighted by Gasteiger charge is -1.98. The molecule has 2 aromatic carbocycles. The summed E-state index contributed by atoms with van der Waals surface area (Å²) in [6.45, 7) is 0. The third kappa shape index (κ3) is 4.42. The number of hydrogen-bond donors (Lipinski definition) is 2. The predicted octanol–water partition coefficient (Wildman–Crippen LogP) is 4.39. The van der Waals surface area contributed by atoms with Crippen LogP contribution < -0.4 is 0 Å². The quantitative estimate of drug-likeness (QED) is 0.435. The van der Waals surface area contributed by atoms with Crippen molar-refractivity contribution in [1.82, 2.24) is 0 Å². The molecule has 0 spiro atoms. The summed E-state index contributed by atoms with van der Waals surface area (Å²) in [7, 11) is 0. The van der Waals surface area contributed by atoms with Crippen LogP contribution in [0.15, 0.2) is 60.7 Å². The van der Waals surface area contributed by atoms with Crippen LogP contribution in [-0.4, -0.2) is 4.55 Å². The van der Waals surface area contributed by atoms with Crippen LogP contribution in [0.5, 0.6) is 0 Å². The lowest BCUT2D eigenvalue weighted by Crippen LogP contribution is -1.73. The third-order valence-electron chi connectivity index (χ3n) is 1.88. The number of rotatable bonds is 1. The Hall–Kier alpha value is -0.900. The van der Waals surface area contributed by atoms with Crippen LogP contribution in [-0.2, 0) is 0 Å². The highest BCUT2D eigenvalue weighted by molar-refractivity contribution is 8.66. The highest BCUT2D eigenvalue weighted by Gasteiger charge is 1.91. The van der Waals surface area contributed by atoms with E-state index < -0.39 is 0 Å². The topological polar surface area (TPSA) is 20.2 Å². The SMILES string of the molecule is OSS.c1ccc(-c2ccccc2)cc1. The molecule has 1 nitrogen and oxygen atoms in total. The van der Waals surface area contributed by atoms with E-state index in [2.05, 4.69) is 60.2 Å². The summed E-state index contributed by atoms with van der Waals surface area (Å²) in [5, 5.41) is 0. The summed E-state index contributed by atoms with van der Waals surface area (Å²) in [6, 6.07) is 20.8. The van der Waals surface area contributed by atoms with Gasteiger partial charge in [0.25, 0.3) is 0 Å². The Labute approximate surface area is 99.2 Å². The largest absolute Gasteiger partial charge is 0.321 e. The van der Waals surface area contributed by atoms with E-state index >= 15 is 0 Å². The van der Waals surface area contributed by atoms with Gasteiger partial charge in [-0.25, -0.2) is 0 Å². The van der Waals surface area contributed by atoms with Crippen molar-refractivity contribution in [3.05, 3.63) is 60.7 Å². The fourth-order valence-corrected chi connectivity index (χ4v) is 1.26. The lowest BCUT2D eigenvalue weighted by molar-refractivity contribution is 0.676. The average Bonchev–Trinajstić information content (AvgIpc) is 2.32. The number of hydrogen-bond acceptors (Lipinski definition) is 3. The van der Waals surface area contributed by atoms with Gasteiger partial charge in [-0.3, -0.25) is 0 Å². The molecule has 0 aliphatic heterocycles. The molecule has 0 bridgehead atoms. The van der Waals surface area contributed by atoms with Crippen LogP contribution >= 0.6 is 22.7 Å². The normalized spacial score (nSPS) is 8.93. The number of thiol groups is 1. The van der Waals surface area contributed by atoms with E-state index in [-0.39, 0.29) is 0 Å². The fourth-order valence-electron chi connectivity index (χ4n) is 1.26. The van der Waals surface area contributed by atoms with Crippen molar-refractivity contribution in [2.24, 2.45) is 0 Å². The summed E-state index contributed by atoms with van der Waals surface area (Å²) in [5.74, 6) is 0. The van der Waals surface area contributed by atoms with Crippen LogP contribution in [0.3, 0.4) is 0 Å². The molecule has 3 heteroatoms. The molecule has 1 N–H and O–H groups in total. The fraction of sp³-hybridized carbons (Fsp3) is 0. The predicted molar refractivity (Wildman–Crippen MR) is 71.1 cm³/mol. The smallest absolute Gasteiger partial charge is 0.0559 e. The summed E-state index contributed by atoms with van der Waals surface area (Å²) in [5.41, 5.74) is 2.55. The molecule has 0 aromatic heterocycles. The molecular weight excluding hydrogens is 224 g/mol. The molecule has 0 unspecified atom stereocenters. The van der Waals surface area contributed by atoms with Crippen molar-refractivity contribution in [3.63, 3.8) is 0 Å². The van der Waals surface area contributed by atoms with E-state index in [0.717, 1.165) is 0 Å². The van der Waals surface area contributed by atoms with Crippen LogP contribution in [0.25, 0.3) is 11.1 Å². The maximum absolute atomic E-state index is 7.35. The maximum atomic E-state index is 7.35. The molecule has 0 saturated carbocycles. The maximum Gasteiger partial charge on any atom is 0.0559 e. The van der Waals surface area contributed by atoms with Gasteiger partial charge >= 0.3 is 0 Å². The van der Waals surface area contributed by atoms with E-state index in [1.807, 2.05) is 12.1 Å². The second kappa shape index (κ2) is 7.40. The first kappa shape index (κ1) is 12.2. The Bertz CT molecular complexity index is 324. The van der Waals surface area contributed by atoms with Crippen molar-refractivity contribution < 1.29 is 4.55 Å². The molecule has 0 atom stereocenters. The molecule has 15 heavy (non-hydrogen) atoms. The van der Waals surface area contributed by atoms with Gasteiger partial charge in [-0.15, -0.1) is 0 Å². The molecule has 0 amide bonds. The third-order valence-corrected chi connectivity index (χ3v) is 1.88. The summed E-state index contributed by atoms with van der Waals surface area (Å²) >= 11 is 3.71. The summed E-state index contributed by atoms with van der Waals surface area (Å²) in [6.07, 6.45) is 0. The van der Waals surface area contributed by atoms with Gasteiger partial charge < -0.3 is 4.55 Å². The molecule has 2 aromatic rings. The Morgan fingerprint density at radius 2 is 1.00 bits per heavy atom. The minimum Gasteiger partial charge on any atom is -0.321 e. The Morgan fingerprint density at radius 3 is 1.27 bits per heavy atom. The Morgan fingerprint density at radius 1 is 0.733 bits per heavy atom. The zero-order valence-electron chi connectivity index (χ0n) is 8.08. The van der Waals surface area contributed by atoms with Gasteiger partial charge in [0.1, 0.15) is 0 Å². The molecule has 0 fully saturated rings. The molecule has 0 radical (unpaired) electrons. The van der Waals surface area contributed by atoms with Crippen LogP contribution in [0.2, 0.25) is 0 Å². The van der Waals surface area contributed by atoms with Crippen molar-refractivity contribution in [1.29, 1.82) is 0 Å². The van der Waals surface area contributed by atoms with Crippen molar-refractivity contribution in [2.75, 3.05) is 0 Å². The minimum absolute atomic E-state index is 0.444. The second-order valence-corrected chi connectivity index (χ2v) is 3.47. The monoisotopic (exact) mass is 236 g/mol. The average molecular weight is 236 g/mol. The van der Waals surface area contributed by atoms with Gasteiger partial charge in [-0.1, -0.05) is 72.3 Å². The van der Waals surface area contributed by atoms with Gasteiger partial charge in [-0.05, 0) is 11.1 Å². The summed E-state index contributed by atoms with van der Waals surface area (Å²) < 4.78 is 7.35. The van der Waals surface area contributed by atoms with Crippen LogP contribution in [0.4, 0.5) is 0 Å².